The lowest BCUT2D eigenvalue weighted by Crippen LogP contribution is -2.50. The van der Waals surface area contributed by atoms with Crippen LogP contribution in [-0.4, -0.2) is 60.6 Å². The zero-order valence-corrected chi connectivity index (χ0v) is 20.6. The molecule has 1 aromatic heterocycles. The van der Waals surface area contributed by atoms with Crippen molar-refractivity contribution in [3.05, 3.63) is 51.7 Å². The summed E-state index contributed by atoms with van der Waals surface area (Å²) in [4.78, 5) is 31.4. The molecule has 3 heterocycles. The van der Waals surface area contributed by atoms with Gasteiger partial charge in [0, 0.05) is 30.5 Å². The van der Waals surface area contributed by atoms with Crippen LogP contribution in [-0.2, 0) is 20.7 Å². The maximum atomic E-state index is 13.5. The number of thiophene rings is 1. The standard InChI is InChI=1S/C26H34N2O4S/c1-18(2)26(30)27(15-21-5-4-13-31-21)16-25(29)28-12-10-24-22(11-14-33-24)23(28)17-32-20-8-6-19(3)7-9-20/h6-9,11,14,18,21,23H,4-5,10,12-13,15-17H2,1-3H3/t21-,23-/m1/s1. The van der Waals surface area contributed by atoms with Crippen LogP contribution in [0.25, 0.3) is 0 Å². The van der Waals surface area contributed by atoms with E-state index in [9.17, 15) is 9.59 Å². The van der Waals surface area contributed by atoms with E-state index in [-0.39, 0.29) is 36.4 Å². The number of rotatable bonds is 8. The van der Waals surface area contributed by atoms with E-state index in [1.807, 2.05) is 49.9 Å². The summed E-state index contributed by atoms with van der Waals surface area (Å²) in [6.07, 6.45) is 2.80. The summed E-state index contributed by atoms with van der Waals surface area (Å²) in [5.74, 6) is 0.603. The summed E-state index contributed by atoms with van der Waals surface area (Å²) in [6.45, 7) is 8.12. The molecule has 1 saturated heterocycles. The largest absolute Gasteiger partial charge is 0.491 e. The number of benzene rings is 1. The van der Waals surface area contributed by atoms with Gasteiger partial charge < -0.3 is 19.3 Å². The minimum atomic E-state index is -0.162. The van der Waals surface area contributed by atoms with Crippen molar-refractivity contribution >= 4 is 23.2 Å². The van der Waals surface area contributed by atoms with Gasteiger partial charge in [-0.15, -0.1) is 11.3 Å². The van der Waals surface area contributed by atoms with Crippen LogP contribution >= 0.6 is 11.3 Å². The Morgan fingerprint density at radius 2 is 2.03 bits per heavy atom. The first kappa shape index (κ1) is 23.8. The Labute approximate surface area is 200 Å². The fourth-order valence-electron chi connectivity index (χ4n) is 4.57. The third-order valence-electron chi connectivity index (χ3n) is 6.42. The van der Waals surface area contributed by atoms with E-state index < -0.39 is 0 Å². The normalized spacial score (nSPS) is 20.1. The van der Waals surface area contributed by atoms with Crippen molar-refractivity contribution in [3.63, 3.8) is 0 Å². The van der Waals surface area contributed by atoms with Gasteiger partial charge in [0.2, 0.25) is 11.8 Å². The molecular formula is C26H34N2O4S. The van der Waals surface area contributed by atoms with Gasteiger partial charge in [0.15, 0.2) is 0 Å². The van der Waals surface area contributed by atoms with Gasteiger partial charge in [-0.3, -0.25) is 9.59 Å². The summed E-state index contributed by atoms with van der Waals surface area (Å²) >= 11 is 1.74. The van der Waals surface area contributed by atoms with Crippen LogP contribution in [0.2, 0.25) is 0 Å². The second-order valence-corrected chi connectivity index (χ2v) is 10.3. The van der Waals surface area contributed by atoms with Crippen molar-refractivity contribution < 1.29 is 19.1 Å². The summed E-state index contributed by atoms with van der Waals surface area (Å²) in [7, 11) is 0. The fourth-order valence-corrected chi connectivity index (χ4v) is 5.50. The van der Waals surface area contributed by atoms with Gasteiger partial charge in [-0.1, -0.05) is 31.5 Å². The molecule has 0 N–H and O–H groups in total. The van der Waals surface area contributed by atoms with Crippen LogP contribution in [0.3, 0.4) is 0 Å². The molecule has 2 aromatic rings. The van der Waals surface area contributed by atoms with Crippen LogP contribution in [0.1, 0.15) is 48.7 Å². The predicted octanol–water partition coefficient (Wildman–Crippen LogP) is 4.22. The number of fused-ring (bicyclic) bond motifs is 1. The highest BCUT2D eigenvalue weighted by atomic mass is 32.1. The summed E-state index contributed by atoms with van der Waals surface area (Å²) in [6, 6.07) is 9.91. The molecule has 0 aliphatic carbocycles. The molecular weight excluding hydrogens is 436 g/mol. The molecule has 6 nitrogen and oxygen atoms in total. The average molecular weight is 471 g/mol. The average Bonchev–Trinajstić information content (AvgIpc) is 3.49. The quantitative estimate of drug-likeness (QED) is 0.580. The molecule has 2 aliphatic heterocycles. The second kappa shape index (κ2) is 10.7. The summed E-state index contributed by atoms with van der Waals surface area (Å²) < 4.78 is 11.9. The van der Waals surface area contributed by atoms with Crippen LogP contribution < -0.4 is 4.74 Å². The number of hydrogen-bond acceptors (Lipinski definition) is 5. The molecule has 0 unspecified atom stereocenters. The van der Waals surface area contributed by atoms with Gasteiger partial charge in [0.05, 0.1) is 18.7 Å². The van der Waals surface area contributed by atoms with Crippen molar-refractivity contribution in [2.24, 2.45) is 5.92 Å². The Hall–Kier alpha value is -2.38. The van der Waals surface area contributed by atoms with E-state index in [0.717, 1.165) is 37.2 Å². The Kier molecular flexibility index (Phi) is 7.71. The summed E-state index contributed by atoms with van der Waals surface area (Å²) in [5, 5.41) is 2.09. The third-order valence-corrected chi connectivity index (χ3v) is 7.42. The van der Waals surface area contributed by atoms with Crippen LogP contribution in [0.4, 0.5) is 0 Å². The fraction of sp³-hybridized carbons (Fsp3) is 0.538. The SMILES string of the molecule is Cc1ccc(OC[C@@H]2c3ccsc3CCN2C(=O)CN(C[C@H]2CCCO2)C(=O)C(C)C)cc1. The first-order valence-electron chi connectivity index (χ1n) is 11.9. The smallest absolute Gasteiger partial charge is 0.242 e. The highest BCUT2D eigenvalue weighted by Crippen LogP contribution is 2.34. The molecule has 2 aliphatic rings. The van der Waals surface area contributed by atoms with Crippen molar-refractivity contribution in [1.82, 2.24) is 9.80 Å². The van der Waals surface area contributed by atoms with Gasteiger partial charge in [0.25, 0.3) is 0 Å². The van der Waals surface area contributed by atoms with Crippen molar-refractivity contribution in [1.29, 1.82) is 0 Å². The van der Waals surface area contributed by atoms with E-state index in [0.29, 0.717) is 19.7 Å². The number of carbonyl (C=O) groups excluding carboxylic acids is 2. The highest BCUT2D eigenvalue weighted by molar-refractivity contribution is 7.10. The molecule has 1 aromatic carbocycles. The monoisotopic (exact) mass is 470 g/mol. The van der Waals surface area contributed by atoms with E-state index in [1.54, 1.807) is 16.2 Å². The van der Waals surface area contributed by atoms with Gasteiger partial charge in [-0.25, -0.2) is 0 Å². The number of carbonyl (C=O) groups is 2. The molecule has 0 spiro atoms. The van der Waals surface area contributed by atoms with Gasteiger partial charge >= 0.3 is 0 Å². The Morgan fingerprint density at radius 1 is 1.24 bits per heavy atom. The van der Waals surface area contributed by atoms with Crippen molar-refractivity contribution in [2.45, 2.75) is 52.2 Å². The van der Waals surface area contributed by atoms with Gasteiger partial charge in [-0.2, -0.15) is 0 Å². The maximum absolute atomic E-state index is 13.5. The minimum Gasteiger partial charge on any atom is -0.491 e. The Balaban J connectivity index is 1.49. The van der Waals surface area contributed by atoms with E-state index in [1.165, 1.54) is 10.4 Å². The number of amides is 2. The number of hydrogen-bond donors (Lipinski definition) is 0. The predicted molar refractivity (Wildman–Crippen MR) is 130 cm³/mol. The van der Waals surface area contributed by atoms with Crippen molar-refractivity contribution in [3.8, 4) is 5.75 Å². The molecule has 33 heavy (non-hydrogen) atoms. The number of ether oxygens (including phenoxy) is 2. The lowest BCUT2D eigenvalue weighted by Gasteiger charge is -2.37. The zero-order chi connectivity index (χ0) is 23.4. The molecule has 2 amide bonds. The topological polar surface area (TPSA) is 59.1 Å². The first-order chi connectivity index (χ1) is 15.9. The van der Waals surface area contributed by atoms with E-state index in [2.05, 4.69) is 11.4 Å². The Bertz CT molecular complexity index is 949. The molecule has 1 fully saturated rings. The van der Waals surface area contributed by atoms with Crippen LogP contribution in [0, 0.1) is 12.8 Å². The molecule has 0 bridgehead atoms. The highest BCUT2D eigenvalue weighted by Gasteiger charge is 2.34. The third kappa shape index (κ3) is 5.76. The minimum absolute atomic E-state index is 0.000429. The molecule has 4 rings (SSSR count). The number of aryl methyl sites for hydroxylation is 1. The van der Waals surface area contributed by atoms with Crippen LogP contribution in [0.5, 0.6) is 5.75 Å². The summed E-state index contributed by atoms with van der Waals surface area (Å²) in [5.41, 5.74) is 2.34. The van der Waals surface area contributed by atoms with Crippen LogP contribution in [0.15, 0.2) is 35.7 Å². The Morgan fingerprint density at radius 3 is 2.73 bits per heavy atom. The maximum Gasteiger partial charge on any atom is 0.242 e. The van der Waals surface area contributed by atoms with E-state index >= 15 is 0 Å². The van der Waals surface area contributed by atoms with E-state index in [4.69, 9.17) is 9.47 Å². The lowest BCUT2D eigenvalue weighted by molar-refractivity contribution is -0.145. The molecule has 0 saturated carbocycles. The van der Waals surface area contributed by atoms with Gasteiger partial charge in [0.1, 0.15) is 12.4 Å². The molecule has 0 radical (unpaired) electrons. The second-order valence-electron chi connectivity index (χ2n) is 9.28. The zero-order valence-electron chi connectivity index (χ0n) is 19.8. The molecule has 178 valence electrons. The van der Waals surface area contributed by atoms with Gasteiger partial charge in [-0.05, 0) is 55.3 Å². The number of nitrogens with zero attached hydrogens (tertiary/aromatic N) is 2. The first-order valence-corrected chi connectivity index (χ1v) is 12.8. The molecule has 7 heteroatoms. The van der Waals surface area contributed by atoms with Crippen molar-refractivity contribution in [2.75, 3.05) is 32.8 Å². The molecule has 2 atom stereocenters. The lowest BCUT2D eigenvalue weighted by atomic mass is 10.00.